The van der Waals surface area contributed by atoms with E-state index in [4.69, 9.17) is 0 Å². The van der Waals surface area contributed by atoms with E-state index in [1.54, 1.807) is 11.8 Å². The van der Waals surface area contributed by atoms with Crippen LogP contribution in [0, 0.1) is 0 Å². The van der Waals surface area contributed by atoms with Crippen molar-refractivity contribution in [2.75, 3.05) is 20.0 Å². The maximum Gasteiger partial charge on any atom is 0.0454 e. The first kappa shape index (κ1) is 10.6. The van der Waals surface area contributed by atoms with Crippen molar-refractivity contribution in [1.82, 2.24) is 10.6 Å². The summed E-state index contributed by atoms with van der Waals surface area (Å²) in [5.74, 6) is 0. The van der Waals surface area contributed by atoms with Crippen LogP contribution in [0.4, 0.5) is 0 Å². The summed E-state index contributed by atoms with van der Waals surface area (Å²) >= 11 is 1.77. The molecule has 1 aromatic carbocycles. The Labute approximate surface area is 84.1 Å². The number of thioether (sulfide) groups is 1. The van der Waals surface area contributed by atoms with Gasteiger partial charge in [-0.15, -0.1) is 11.8 Å². The van der Waals surface area contributed by atoms with Crippen LogP contribution in [-0.2, 0) is 6.54 Å². The summed E-state index contributed by atoms with van der Waals surface area (Å²) in [5, 5.41) is 6.32. The second kappa shape index (κ2) is 6.02. The molecule has 0 fully saturated rings. The van der Waals surface area contributed by atoms with E-state index in [-0.39, 0.29) is 0 Å². The topological polar surface area (TPSA) is 24.1 Å². The van der Waals surface area contributed by atoms with Gasteiger partial charge in [0.1, 0.15) is 0 Å². The van der Waals surface area contributed by atoms with E-state index in [0.717, 1.165) is 13.2 Å². The van der Waals surface area contributed by atoms with Gasteiger partial charge in [0.15, 0.2) is 0 Å². The van der Waals surface area contributed by atoms with E-state index < -0.39 is 0 Å². The average Bonchev–Trinajstić information content (AvgIpc) is 2.19. The van der Waals surface area contributed by atoms with Gasteiger partial charge in [-0.05, 0) is 31.0 Å². The van der Waals surface area contributed by atoms with Gasteiger partial charge in [0.05, 0.1) is 0 Å². The van der Waals surface area contributed by atoms with Crippen molar-refractivity contribution in [1.29, 1.82) is 0 Å². The fraction of sp³-hybridized carbons (Fsp3) is 0.400. The lowest BCUT2D eigenvalue weighted by atomic mass is 10.2. The molecule has 0 saturated carbocycles. The number of hydrogen-bond acceptors (Lipinski definition) is 3. The fourth-order valence-electron chi connectivity index (χ4n) is 1.08. The Balaban J connectivity index is 2.40. The van der Waals surface area contributed by atoms with Gasteiger partial charge in [0, 0.05) is 18.1 Å². The van der Waals surface area contributed by atoms with E-state index in [1.807, 2.05) is 7.05 Å². The molecule has 0 aliphatic rings. The lowest BCUT2D eigenvalue weighted by molar-refractivity contribution is 0.631. The molecule has 0 unspecified atom stereocenters. The molecule has 3 heteroatoms. The van der Waals surface area contributed by atoms with Gasteiger partial charge < -0.3 is 10.6 Å². The van der Waals surface area contributed by atoms with Crippen molar-refractivity contribution < 1.29 is 0 Å². The summed E-state index contributed by atoms with van der Waals surface area (Å²) < 4.78 is 0. The number of nitrogens with one attached hydrogen (secondary N) is 2. The third kappa shape index (κ3) is 3.81. The van der Waals surface area contributed by atoms with Gasteiger partial charge in [-0.1, -0.05) is 12.1 Å². The number of hydrogen-bond donors (Lipinski definition) is 2. The molecule has 0 spiro atoms. The first-order valence-corrected chi connectivity index (χ1v) is 5.57. The smallest absolute Gasteiger partial charge is 0.0454 e. The summed E-state index contributed by atoms with van der Waals surface area (Å²) in [6.45, 7) is 1.78. The average molecular weight is 196 g/mol. The maximum absolute atomic E-state index is 3.27. The molecule has 0 aliphatic carbocycles. The largest absolute Gasteiger partial charge is 0.308 e. The van der Waals surface area contributed by atoms with E-state index in [2.05, 4.69) is 41.2 Å². The van der Waals surface area contributed by atoms with Crippen LogP contribution in [0.5, 0.6) is 0 Å². The van der Waals surface area contributed by atoms with Crippen LogP contribution < -0.4 is 10.6 Å². The highest BCUT2D eigenvalue weighted by molar-refractivity contribution is 7.98. The highest BCUT2D eigenvalue weighted by Crippen LogP contribution is 2.14. The van der Waals surface area contributed by atoms with Gasteiger partial charge in [0.2, 0.25) is 0 Å². The third-order valence-corrected chi connectivity index (χ3v) is 2.53. The molecule has 1 aromatic rings. The van der Waals surface area contributed by atoms with Crippen LogP contribution >= 0.6 is 11.8 Å². The fourth-order valence-corrected chi connectivity index (χ4v) is 1.48. The zero-order valence-corrected chi connectivity index (χ0v) is 8.95. The Hall–Kier alpha value is -0.510. The number of rotatable bonds is 5. The molecule has 2 N–H and O–H groups in total. The van der Waals surface area contributed by atoms with E-state index in [0.29, 0.717) is 0 Å². The second-order valence-electron chi connectivity index (χ2n) is 2.81. The molecule has 0 saturated heterocycles. The first-order valence-electron chi connectivity index (χ1n) is 4.35. The normalized spacial score (nSPS) is 10.3. The molecule has 1 rings (SSSR count). The summed E-state index contributed by atoms with van der Waals surface area (Å²) in [6.07, 6.45) is 2.09. The molecular formula is C10H16N2S. The SMILES string of the molecule is CNCNCc1ccc(SC)cc1. The summed E-state index contributed by atoms with van der Waals surface area (Å²) in [7, 11) is 1.93. The zero-order valence-electron chi connectivity index (χ0n) is 8.13. The van der Waals surface area contributed by atoms with E-state index >= 15 is 0 Å². The molecule has 72 valence electrons. The van der Waals surface area contributed by atoms with Crippen molar-refractivity contribution in [2.24, 2.45) is 0 Å². The Morgan fingerprint density at radius 1 is 1.23 bits per heavy atom. The lowest BCUT2D eigenvalue weighted by Crippen LogP contribution is -2.25. The van der Waals surface area contributed by atoms with Crippen LogP contribution in [0.1, 0.15) is 5.56 Å². The predicted octanol–water partition coefficient (Wildman–Crippen LogP) is 1.67. The molecular weight excluding hydrogens is 180 g/mol. The third-order valence-electron chi connectivity index (χ3n) is 1.79. The first-order chi connectivity index (χ1) is 6.36. The van der Waals surface area contributed by atoms with Crippen molar-refractivity contribution in [3.8, 4) is 0 Å². The molecule has 0 aromatic heterocycles. The van der Waals surface area contributed by atoms with Gasteiger partial charge in [-0.2, -0.15) is 0 Å². The monoisotopic (exact) mass is 196 g/mol. The van der Waals surface area contributed by atoms with Crippen molar-refractivity contribution in [2.45, 2.75) is 11.4 Å². The van der Waals surface area contributed by atoms with Gasteiger partial charge in [0.25, 0.3) is 0 Å². The van der Waals surface area contributed by atoms with Gasteiger partial charge in [-0.25, -0.2) is 0 Å². The molecule has 0 atom stereocenters. The van der Waals surface area contributed by atoms with Crippen molar-refractivity contribution >= 4 is 11.8 Å². The Kier molecular flexibility index (Phi) is 4.90. The van der Waals surface area contributed by atoms with Crippen LogP contribution in [0.15, 0.2) is 29.2 Å². The highest BCUT2D eigenvalue weighted by Gasteiger charge is 1.92. The van der Waals surface area contributed by atoms with Crippen LogP contribution in [-0.4, -0.2) is 20.0 Å². The Bertz CT molecular complexity index is 233. The molecule has 0 amide bonds. The second-order valence-corrected chi connectivity index (χ2v) is 3.68. The molecule has 2 nitrogen and oxygen atoms in total. The molecule has 0 heterocycles. The minimum Gasteiger partial charge on any atom is -0.308 e. The quantitative estimate of drug-likeness (QED) is 0.425. The maximum atomic E-state index is 3.27. The highest BCUT2D eigenvalue weighted by atomic mass is 32.2. The Morgan fingerprint density at radius 3 is 2.46 bits per heavy atom. The van der Waals surface area contributed by atoms with E-state index in [1.165, 1.54) is 10.5 Å². The zero-order chi connectivity index (χ0) is 9.52. The van der Waals surface area contributed by atoms with E-state index in [9.17, 15) is 0 Å². The minimum absolute atomic E-state index is 0.851. The van der Waals surface area contributed by atoms with Gasteiger partial charge >= 0.3 is 0 Å². The summed E-state index contributed by atoms with van der Waals surface area (Å²) in [5.41, 5.74) is 1.33. The predicted molar refractivity (Wildman–Crippen MR) is 59.0 cm³/mol. The number of benzene rings is 1. The van der Waals surface area contributed by atoms with Crippen LogP contribution in [0.25, 0.3) is 0 Å². The summed E-state index contributed by atoms with van der Waals surface area (Å²) in [4.78, 5) is 1.32. The molecule has 13 heavy (non-hydrogen) atoms. The molecule has 0 bridgehead atoms. The Morgan fingerprint density at radius 2 is 1.92 bits per heavy atom. The standard InChI is InChI=1S/C10H16N2S/c1-11-8-12-7-9-3-5-10(13-2)6-4-9/h3-6,11-12H,7-8H2,1-2H3. The molecule has 0 aliphatic heterocycles. The van der Waals surface area contributed by atoms with Crippen molar-refractivity contribution in [3.05, 3.63) is 29.8 Å². The molecule has 0 radical (unpaired) electrons. The van der Waals surface area contributed by atoms with Crippen LogP contribution in [0.2, 0.25) is 0 Å². The van der Waals surface area contributed by atoms with Crippen molar-refractivity contribution in [3.63, 3.8) is 0 Å². The summed E-state index contributed by atoms with van der Waals surface area (Å²) in [6, 6.07) is 8.63. The minimum atomic E-state index is 0.851. The van der Waals surface area contributed by atoms with Gasteiger partial charge in [-0.3, -0.25) is 0 Å². The lowest BCUT2D eigenvalue weighted by Gasteiger charge is -2.04. The van der Waals surface area contributed by atoms with Crippen LogP contribution in [0.3, 0.4) is 0 Å².